The fourth-order valence-electron chi connectivity index (χ4n) is 2.92. The molecule has 1 fully saturated rings. The number of unbranched alkanes of at least 4 members (excludes halogenated alkanes) is 1. The third-order valence-corrected chi connectivity index (χ3v) is 4.51. The van der Waals surface area contributed by atoms with Crippen molar-refractivity contribution in [2.75, 3.05) is 19.6 Å². The Morgan fingerprint density at radius 3 is 2.42 bits per heavy atom. The van der Waals surface area contributed by atoms with Crippen LogP contribution in [0.5, 0.6) is 0 Å². The molecule has 3 heteroatoms. The van der Waals surface area contributed by atoms with Crippen LogP contribution in [0.3, 0.4) is 0 Å². The van der Waals surface area contributed by atoms with Gasteiger partial charge in [0, 0.05) is 0 Å². The Morgan fingerprint density at radius 1 is 1.26 bits per heavy atom. The fraction of sp³-hybridized carbons (Fsp3) is 0.938. The van der Waals surface area contributed by atoms with Crippen molar-refractivity contribution in [3.63, 3.8) is 0 Å². The Labute approximate surface area is 118 Å². The summed E-state index contributed by atoms with van der Waals surface area (Å²) in [5.41, 5.74) is -0.561. The number of hydrogen-bond donors (Lipinski definition) is 1. The van der Waals surface area contributed by atoms with E-state index in [1.54, 1.807) is 0 Å². The largest absolute Gasteiger partial charge is 0.481 e. The molecule has 3 nitrogen and oxygen atoms in total. The summed E-state index contributed by atoms with van der Waals surface area (Å²) in [6, 6.07) is 0. The fourth-order valence-corrected chi connectivity index (χ4v) is 2.92. The van der Waals surface area contributed by atoms with E-state index >= 15 is 0 Å². The van der Waals surface area contributed by atoms with E-state index in [-0.39, 0.29) is 0 Å². The third-order valence-electron chi connectivity index (χ3n) is 4.51. The molecule has 0 saturated carbocycles. The highest BCUT2D eigenvalue weighted by Crippen LogP contribution is 2.25. The highest BCUT2D eigenvalue weighted by molar-refractivity contribution is 5.73. The van der Waals surface area contributed by atoms with Gasteiger partial charge in [0.25, 0.3) is 0 Å². The molecule has 0 spiro atoms. The van der Waals surface area contributed by atoms with Crippen LogP contribution in [0.25, 0.3) is 0 Å². The summed E-state index contributed by atoms with van der Waals surface area (Å²) in [4.78, 5) is 13.6. The second kappa shape index (κ2) is 7.88. The third kappa shape index (κ3) is 5.94. The van der Waals surface area contributed by atoms with Crippen LogP contribution in [0.4, 0.5) is 0 Å². The maximum atomic E-state index is 11.0. The average Bonchev–Trinajstić information content (AvgIpc) is 2.37. The van der Waals surface area contributed by atoms with Crippen molar-refractivity contribution in [2.45, 2.75) is 65.7 Å². The summed E-state index contributed by atoms with van der Waals surface area (Å²) >= 11 is 0. The molecule has 1 heterocycles. The van der Waals surface area contributed by atoms with E-state index in [9.17, 15) is 4.79 Å². The number of nitrogens with zero attached hydrogens (tertiary/aromatic N) is 1. The van der Waals surface area contributed by atoms with E-state index in [4.69, 9.17) is 5.11 Å². The van der Waals surface area contributed by atoms with Crippen LogP contribution >= 0.6 is 0 Å². The maximum absolute atomic E-state index is 11.0. The first-order chi connectivity index (χ1) is 8.95. The van der Waals surface area contributed by atoms with Gasteiger partial charge in [0.1, 0.15) is 0 Å². The van der Waals surface area contributed by atoms with Crippen molar-refractivity contribution in [3.8, 4) is 0 Å². The van der Waals surface area contributed by atoms with Gasteiger partial charge < -0.3 is 10.0 Å². The van der Waals surface area contributed by atoms with Gasteiger partial charge in [0.15, 0.2) is 0 Å². The van der Waals surface area contributed by atoms with Crippen molar-refractivity contribution in [1.29, 1.82) is 0 Å². The van der Waals surface area contributed by atoms with Crippen molar-refractivity contribution >= 4 is 5.97 Å². The van der Waals surface area contributed by atoms with Crippen LogP contribution in [0.1, 0.15) is 65.7 Å². The Kier molecular flexibility index (Phi) is 6.84. The van der Waals surface area contributed by atoms with Crippen molar-refractivity contribution in [1.82, 2.24) is 4.90 Å². The summed E-state index contributed by atoms with van der Waals surface area (Å²) in [6.45, 7) is 9.56. The lowest BCUT2D eigenvalue weighted by atomic mass is 9.87. The number of piperidine rings is 1. The maximum Gasteiger partial charge on any atom is 0.309 e. The SMILES string of the molecule is CCCC1CCN(CCCCC(C)(C)C(=O)O)CC1. The van der Waals surface area contributed by atoms with Gasteiger partial charge in [-0.05, 0) is 65.1 Å². The normalized spacial score (nSPS) is 18.7. The second-order valence-electron chi connectivity index (χ2n) is 6.72. The highest BCUT2D eigenvalue weighted by atomic mass is 16.4. The van der Waals surface area contributed by atoms with Crippen molar-refractivity contribution < 1.29 is 9.90 Å². The molecule has 0 unspecified atom stereocenters. The molecule has 0 aromatic heterocycles. The average molecular weight is 269 g/mol. The molecule has 1 N–H and O–H groups in total. The van der Waals surface area contributed by atoms with E-state index in [2.05, 4.69) is 11.8 Å². The first-order valence-corrected chi connectivity index (χ1v) is 7.91. The summed E-state index contributed by atoms with van der Waals surface area (Å²) in [5.74, 6) is 0.278. The zero-order valence-electron chi connectivity index (χ0n) is 13.0. The Bertz CT molecular complexity index is 268. The van der Waals surface area contributed by atoms with Gasteiger partial charge in [-0.3, -0.25) is 4.79 Å². The van der Waals surface area contributed by atoms with Crippen LogP contribution in [0.15, 0.2) is 0 Å². The van der Waals surface area contributed by atoms with Crippen LogP contribution < -0.4 is 0 Å². The molecule has 0 radical (unpaired) electrons. The summed E-state index contributed by atoms with van der Waals surface area (Å²) in [7, 11) is 0. The molecule has 0 aliphatic carbocycles. The molecule has 0 aromatic rings. The Hall–Kier alpha value is -0.570. The summed E-state index contributed by atoms with van der Waals surface area (Å²) in [5, 5.41) is 9.06. The molecular weight excluding hydrogens is 238 g/mol. The zero-order chi connectivity index (χ0) is 14.3. The number of carboxylic acids is 1. The van der Waals surface area contributed by atoms with E-state index in [1.165, 1.54) is 38.8 Å². The first-order valence-electron chi connectivity index (χ1n) is 7.91. The standard InChI is InChI=1S/C16H31NO2/c1-4-7-14-8-12-17(13-9-14)11-6-5-10-16(2,3)15(18)19/h14H,4-13H2,1-3H3,(H,18,19). The molecule has 0 bridgehead atoms. The topological polar surface area (TPSA) is 40.5 Å². The molecule has 1 aliphatic rings. The molecular formula is C16H31NO2. The van der Waals surface area contributed by atoms with Crippen LogP contribution in [0.2, 0.25) is 0 Å². The van der Waals surface area contributed by atoms with Gasteiger partial charge in [-0.1, -0.05) is 26.2 Å². The summed E-state index contributed by atoms with van der Waals surface area (Å²) < 4.78 is 0. The molecule has 1 saturated heterocycles. The molecule has 19 heavy (non-hydrogen) atoms. The van der Waals surface area contributed by atoms with Crippen LogP contribution in [0, 0.1) is 11.3 Å². The van der Waals surface area contributed by atoms with Gasteiger partial charge in [0.2, 0.25) is 0 Å². The molecule has 0 amide bonds. The van der Waals surface area contributed by atoms with Gasteiger partial charge >= 0.3 is 5.97 Å². The molecule has 1 rings (SSSR count). The van der Waals surface area contributed by atoms with Crippen molar-refractivity contribution in [2.24, 2.45) is 11.3 Å². The monoisotopic (exact) mass is 269 g/mol. The van der Waals surface area contributed by atoms with E-state index in [0.29, 0.717) is 0 Å². The van der Waals surface area contributed by atoms with Gasteiger partial charge in [-0.25, -0.2) is 0 Å². The smallest absolute Gasteiger partial charge is 0.309 e. The molecule has 0 atom stereocenters. The van der Waals surface area contributed by atoms with E-state index < -0.39 is 11.4 Å². The van der Waals surface area contributed by atoms with Crippen LogP contribution in [-0.4, -0.2) is 35.6 Å². The number of carbonyl (C=O) groups is 1. The summed E-state index contributed by atoms with van der Waals surface area (Å²) in [6.07, 6.45) is 8.36. The van der Waals surface area contributed by atoms with Crippen molar-refractivity contribution in [3.05, 3.63) is 0 Å². The predicted octanol–water partition coefficient (Wildman–Crippen LogP) is 3.78. The Balaban J connectivity index is 2.10. The van der Waals surface area contributed by atoms with E-state index in [1.807, 2.05) is 13.8 Å². The number of aliphatic carboxylic acids is 1. The molecule has 112 valence electrons. The predicted molar refractivity (Wildman–Crippen MR) is 79.3 cm³/mol. The number of hydrogen-bond acceptors (Lipinski definition) is 2. The molecule has 1 aliphatic heterocycles. The number of carboxylic acid groups (broad SMARTS) is 1. The van der Waals surface area contributed by atoms with E-state index in [0.717, 1.165) is 31.7 Å². The minimum atomic E-state index is -0.673. The quantitative estimate of drug-likeness (QED) is 0.682. The first kappa shape index (κ1) is 16.5. The number of rotatable bonds is 8. The Morgan fingerprint density at radius 2 is 1.89 bits per heavy atom. The minimum absolute atomic E-state index is 0.561. The molecule has 0 aromatic carbocycles. The van der Waals surface area contributed by atoms with Gasteiger partial charge in [0.05, 0.1) is 5.41 Å². The zero-order valence-corrected chi connectivity index (χ0v) is 13.0. The minimum Gasteiger partial charge on any atom is -0.481 e. The second-order valence-corrected chi connectivity index (χ2v) is 6.72. The lowest BCUT2D eigenvalue weighted by Gasteiger charge is -2.32. The van der Waals surface area contributed by atoms with Crippen LogP contribution in [-0.2, 0) is 4.79 Å². The lowest BCUT2D eigenvalue weighted by molar-refractivity contribution is -0.147. The number of likely N-dealkylation sites (tertiary alicyclic amines) is 1. The highest BCUT2D eigenvalue weighted by Gasteiger charge is 2.26. The lowest BCUT2D eigenvalue weighted by Crippen LogP contribution is -2.34. The van der Waals surface area contributed by atoms with Gasteiger partial charge in [-0.2, -0.15) is 0 Å². The van der Waals surface area contributed by atoms with Gasteiger partial charge in [-0.15, -0.1) is 0 Å².